The van der Waals surface area contributed by atoms with Crippen molar-refractivity contribution in [1.29, 1.82) is 0 Å². The highest BCUT2D eigenvalue weighted by Gasteiger charge is 2.18. The number of rotatable bonds is 7. The Hall–Kier alpha value is -4.30. The first kappa shape index (κ1) is 26.9. The molecule has 0 spiro atoms. The van der Waals surface area contributed by atoms with Crippen LogP contribution < -0.4 is 15.0 Å². The van der Waals surface area contributed by atoms with E-state index in [1.807, 2.05) is 42.5 Å². The van der Waals surface area contributed by atoms with E-state index in [9.17, 15) is 4.79 Å². The summed E-state index contributed by atoms with van der Waals surface area (Å²) in [4.78, 5) is 18.3. The molecule has 204 valence electrons. The van der Waals surface area contributed by atoms with Gasteiger partial charge in [0.05, 0.1) is 39.7 Å². The number of nitrogens with zero attached hydrogens (tertiary/aromatic N) is 3. The van der Waals surface area contributed by atoms with Gasteiger partial charge in [0.15, 0.2) is 11.5 Å². The van der Waals surface area contributed by atoms with Crippen LogP contribution in [0.3, 0.4) is 0 Å². The maximum absolute atomic E-state index is 13.6. The van der Waals surface area contributed by atoms with E-state index in [4.69, 9.17) is 53.7 Å². The van der Waals surface area contributed by atoms with Crippen LogP contribution in [0.5, 0.6) is 11.5 Å². The molecule has 0 saturated heterocycles. The van der Waals surface area contributed by atoms with Gasteiger partial charge in [-0.05, 0) is 54.1 Å². The Morgan fingerprint density at radius 1 is 0.902 bits per heavy atom. The monoisotopic (exact) mass is 603 g/mol. The van der Waals surface area contributed by atoms with E-state index in [1.54, 1.807) is 49.6 Å². The molecule has 0 bridgehead atoms. The molecule has 6 rings (SSSR count). The first-order valence-electron chi connectivity index (χ1n) is 12.4. The minimum Gasteiger partial charge on any atom is -0.496 e. The van der Waals surface area contributed by atoms with Gasteiger partial charge in [0.1, 0.15) is 17.9 Å². The molecule has 2 heterocycles. The van der Waals surface area contributed by atoms with E-state index in [0.29, 0.717) is 44.3 Å². The molecule has 0 saturated carbocycles. The van der Waals surface area contributed by atoms with Crippen molar-refractivity contribution in [3.8, 4) is 23.1 Å². The number of aromatic nitrogens is 2. The summed E-state index contributed by atoms with van der Waals surface area (Å²) >= 11 is 19.3. The van der Waals surface area contributed by atoms with Gasteiger partial charge in [-0.1, -0.05) is 71.2 Å². The largest absolute Gasteiger partial charge is 0.496 e. The van der Waals surface area contributed by atoms with Gasteiger partial charge < -0.3 is 13.9 Å². The molecule has 41 heavy (non-hydrogen) atoms. The van der Waals surface area contributed by atoms with E-state index in [0.717, 1.165) is 10.9 Å². The minimum atomic E-state index is -0.369. The SMILES string of the molecule is COc1cccc2oc(-c3nc4ccccc4c(=O)n3N=Cc3cc(Cl)c(OCc4ccccc4Cl)c(Cl)c3)cc12. The molecule has 0 N–H and O–H groups in total. The van der Waals surface area contributed by atoms with Gasteiger partial charge in [-0.2, -0.15) is 9.78 Å². The molecule has 4 aromatic carbocycles. The summed E-state index contributed by atoms with van der Waals surface area (Å²) in [5, 5.41) is 6.77. The van der Waals surface area contributed by atoms with Crippen molar-refractivity contribution in [3.63, 3.8) is 0 Å². The lowest BCUT2D eigenvalue weighted by Crippen LogP contribution is -2.20. The van der Waals surface area contributed by atoms with Crippen LogP contribution in [0.1, 0.15) is 11.1 Å². The molecule has 2 aromatic heterocycles. The summed E-state index contributed by atoms with van der Waals surface area (Å²) in [5.74, 6) is 1.52. The lowest BCUT2D eigenvalue weighted by atomic mass is 10.2. The van der Waals surface area contributed by atoms with Crippen molar-refractivity contribution in [2.75, 3.05) is 7.11 Å². The van der Waals surface area contributed by atoms with Crippen molar-refractivity contribution in [1.82, 2.24) is 9.66 Å². The number of hydrogen-bond donors (Lipinski definition) is 0. The number of hydrogen-bond acceptors (Lipinski definition) is 6. The molecule has 10 heteroatoms. The molecular weight excluding hydrogens is 585 g/mol. The second kappa shape index (κ2) is 11.3. The van der Waals surface area contributed by atoms with Gasteiger partial charge in [0.25, 0.3) is 5.56 Å². The van der Waals surface area contributed by atoms with Crippen LogP contribution in [0.25, 0.3) is 33.5 Å². The van der Waals surface area contributed by atoms with E-state index in [1.165, 1.54) is 10.9 Å². The number of benzene rings is 4. The van der Waals surface area contributed by atoms with Gasteiger partial charge in [0, 0.05) is 10.6 Å². The molecule has 0 amide bonds. The zero-order valence-electron chi connectivity index (χ0n) is 21.5. The Labute approximate surface area is 249 Å². The fourth-order valence-corrected chi connectivity index (χ4v) is 5.20. The summed E-state index contributed by atoms with van der Waals surface area (Å²) in [5.41, 5.74) is 2.07. The summed E-state index contributed by atoms with van der Waals surface area (Å²) in [6.45, 7) is 0.191. The molecule has 0 radical (unpaired) electrons. The smallest absolute Gasteiger partial charge is 0.282 e. The summed E-state index contributed by atoms with van der Waals surface area (Å²) in [7, 11) is 1.58. The highest BCUT2D eigenvalue weighted by Crippen LogP contribution is 2.35. The van der Waals surface area contributed by atoms with E-state index in [-0.39, 0.29) is 28.0 Å². The molecule has 7 nitrogen and oxygen atoms in total. The van der Waals surface area contributed by atoms with Crippen LogP contribution in [-0.2, 0) is 6.61 Å². The van der Waals surface area contributed by atoms with Crippen molar-refractivity contribution < 1.29 is 13.9 Å². The highest BCUT2D eigenvalue weighted by molar-refractivity contribution is 6.37. The Morgan fingerprint density at radius 2 is 1.66 bits per heavy atom. The molecule has 0 atom stereocenters. The fourth-order valence-electron chi connectivity index (χ4n) is 4.39. The van der Waals surface area contributed by atoms with E-state index >= 15 is 0 Å². The zero-order chi connectivity index (χ0) is 28.5. The third-order valence-electron chi connectivity index (χ3n) is 6.39. The zero-order valence-corrected chi connectivity index (χ0v) is 23.7. The van der Waals surface area contributed by atoms with Crippen LogP contribution in [0.15, 0.2) is 99.2 Å². The lowest BCUT2D eigenvalue weighted by Gasteiger charge is -2.12. The Morgan fingerprint density at radius 3 is 2.44 bits per heavy atom. The van der Waals surface area contributed by atoms with Gasteiger partial charge >= 0.3 is 0 Å². The highest BCUT2D eigenvalue weighted by atomic mass is 35.5. The average Bonchev–Trinajstić information content (AvgIpc) is 3.41. The maximum Gasteiger partial charge on any atom is 0.282 e. The Balaban J connectivity index is 1.39. The van der Waals surface area contributed by atoms with Crippen molar-refractivity contribution >= 4 is 62.9 Å². The molecule has 0 aliphatic heterocycles. The predicted molar refractivity (Wildman–Crippen MR) is 163 cm³/mol. The second-order valence-electron chi connectivity index (χ2n) is 8.99. The number of para-hydroxylation sites is 1. The molecule has 0 fully saturated rings. The quantitative estimate of drug-likeness (QED) is 0.172. The van der Waals surface area contributed by atoms with Gasteiger partial charge in [-0.3, -0.25) is 4.79 Å². The van der Waals surface area contributed by atoms with Crippen molar-refractivity contribution in [2.45, 2.75) is 6.61 Å². The summed E-state index contributed by atoms with van der Waals surface area (Å²) < 4.78 is 18.6. The number of furan rings is 1. The molecule has 0 unspecified atom stereocenters. The van der Waals surface area contributed by atoms with E-state index in [2.05, 4.69) is 5.10 Å². The van der Waals surface area contributed by atoms with Crippen LogP contribution in [0, 0.1) is 0 Å². The van der Waals surface area contributed by atoms with Gasteiger partial charge in [-0.15, -0.1) is 0 Å². The van der Waals surface area contributed by atoms with Crippen LogP contribution in [-0.4, -0.2) is 23.0 Å². The maximum atomic E-state index is 13.6. The van der Waals surface area contributed by atoms with Crippen LogP contribution in [0.2, 0.25) is 15.1 Å². The third kappa shape index (κ3) is 5.27. The number of methoxy groups -OCH3 is 1. The molecule has 0 aliphatic rings. The molecule has 6 aromatic rings. The second-order valence-corrected chi connectivity index (χ2v) is 10.2. The number of ether oxygens (including phenoxy) is 2. The third-order valence-corrected chi connectivity index (χ3v) is 7.32. The fraction of sp³-hybridized carbons (Fsp3) is 0.0645. The van der Waals surface area contributed by atoms with Gasteiger partial charge in [0.2, 0.25) is 5.82 Å². The molecular formula is C31H20Cl3N3O4. The van der Waals surface area contributed by atoms with Crippen LogP contribution in [0.4, 0.5) is 0 Å². The van der Waals surface area contributed by atoms with Crippen molar-refractivity contribution in [2.24, 2.45) is 5.10 Å². The number of halogens is 3. The Kier molecular flexibility index (Phi) is 7.41. The predicted octanol–water partition coefficient (Wildman–Crippen LogP) is 8.24. The van der Waals surface area contributed by atoms with E-state index < -0.39 is 0 Å². The molecule has 0 aliphatic carbocycles. The standard InChI is InChI=1S/C31H20Cl3N3O4/c1-39-26-11-6-12-27-21(26)15-28(41-27)30-36-25-10-5-3-8-20(25)31(38)37(30)35-16-18-13-23(33)29(24(34)14-18)40-17-19-7-2-4-9-22(19)32/h2-16H,17H2,1H3. The first-order valence-corrected chi connectivity index (χ1v) is 13.5. The Bertz CT molecular complexity index is 1990. The van der Waals surface area contributed by atoms with Gasteiger partial charge in [-0.25, -0.2) is 4.98 Å². The lowest BCUT2D eigenvalue weighted by molar-refractivity contribution is 0.306. The topological polar surface area (TPSA) is 78.9 Å². The number of fused-ring (bicyclic) bond motifs is 2. The van der Waals surface area contributed by atoms with Crippen LogP contribution >= 0.6 is 34.8 Å². The summed E-state index contributed by atoms with van der Waals surface area (Å²) in [6.07, 6.45) is 1.47. The normalized spacial score (nSPS) is 11.5. The average molecular weight is 605 g/mol. The van der Waals surface area contributed by atoms with Crippen molar-refractivity contribution in [3.05, 3.63) is 121 Å². The first-order chi connectivity index (χ1) is 19.9. The summed E-state index contributed by atoms with van der Waals surface area (Å²) in [6, 6.07) is 24.9. The minimum absolute atomic E-state index is 0.191.